The van der Waals surface area contributed by atoms with Gasteiger partial charge in [0, 0.05) is 52.0 Å². The molecule has 0 unspecified atom stereocenters. The molecule has 2 saturated heterocycles. The first-order valence-electron chi connectivity index (χ1n) is 10.9. The lowest BCUT2D eigenvalue weighted by molar-refractivity contribution is 0.160. The van der Waals surface area contributed by atoms with Crippen molar-refractivity contribution in [2.75, 3.05) is 49.6 Å². The van der Waals surface area contributed by atoms with E-state index < -0.39 is 0 Å². The maximum Gasteiger partial charge on any atom is 0.269 e. The van der Waals surface area contributed by atoms with Gasteiger partial charge in [-0.15, -0.1) is 0 Å². The molecule has 2 atom stereocenters. The Balaban J connectivity index is 1.40. The molecule has 0 bridgehead atoms. The monoisotopic (exact) mass is 412 g/mol. The molecule has 0 amide bonds. The van der Waals surface area contributed by atoms with E-state index >= 15 is 0 Å². The second kappa shape index (κ2) is 9.14. The third-order valence-corrected chi connectivity index (χ3v) is 6.25. The number of β-amino-alcohol motifs (C(OH)–C–C–N with tert-alkyl or cyclic N) is 1. The molecule has 0 aromatic carbocycles. The molecule has 4 rings (SSSR count). The van der Waals surface area contributed by atoms with Crippen molar-refractivity contribution in [3.8, 4) is 0 Å². The molecule has 0 spiro atoms. The molecule has 0 aliphatic carbocycles. The third kappa shape index (κ3) is 4.65. The molecule has 1 N–H and O–H groups in total. The first-order valence-corrected chi connectivity index (χ1v) is 10.9. The highest BCUT2D eigenvalue weighted by molar-refractivity contribution is 5.44. The number of piperidine rings is 1. The van der Waals surface area contributed by atoms with Crippen molar-refractivity contribution >= 4 is 11.5 Å². The molecule has 2 aromatic heterocycles. The normalized spacial score (nSPS) is 22.4. The van der Waals surface area contributed by atoms with Gasteiger partial charge in [-0.05, 0) is 44.4 Å². The van der Waals surface area contributed by atoms with Crippen LogP contribution in [0.25, 0.3) is 0 Å². The van der Waals surface area contributed by atoms with Crippen LogP contribution in [0, 0.1) is 0 Å². The maximum atomic E-state index is 12.8. The van der Waals surface area contributed by atoms with E-state index in [1.54, 1.807) is 16.9 Å². The van der Waals surface area contributed by atoms with Gasteiger partial charge >= 0.3 is 0 Å². The van der Waals surface area contributed by atoms with E-state index in [0.717, 1.165) is 63.5 Å². The first kappa shape index (κ1) is 20.8. The molecule has 0 radical (unpaired) electrons. The number of likely N-dealkylation sites (tertiary alicyclic amines) is 1. The first-order chi connectivity index (χ1) is 14.5. The smallest absolute Gasteiger partial charge is 0.269 e. The predicted octanol–water partition coefficient (Wildman–Crippen LogP) is 1.50. The average molecular weight is 413 g/mol. The summed E-state index contributed by atoms with van der Waals surface area (Å²) in [7, 11) is 2.04. The Morgan fingerprint density at radius 1 is 1.20 bits per heavy atom. The summed E-state index contributed by atoms with van der Waals surface area (Å²) in [4.78, 5) is 23.8. The van der Waals surface area contributed by atoms with Crippen LogP contribution in [-0.2, 0) is 6.54 Å². The molecule has 162 valence electrons. The van der Waals surface area contributed by atoms with Crippen LogP contribution in [-0.4, -0.2) is 70.6 Å². The van der Waals surface area contributed by atoms with Crippen LogP contribution in [0.5, 0.6) is 0 Å². The predicted molar refractivity (Wildman–Crippen MR) is 118 cm³/mol. The van der Waals surface area contributed by atoms with Gasteiger partial charge < -0.3 is 14.9 Å². The standard InChI is InChI=1S/C22H32N6O2/c1-3-25(2)21-7-6-17(12-23-21)14-26-9-4-5-18(15-26)28-22(30)11-19(13-24-28)27-10-8-20(29)16-27/h6-7,11-13,18,20,29H,3-5,8-10,14-16H2,1-2H3/t18-,20-/m0/s1. The number of aliphatic hydroxyl groups is 1. The zero-order valence-corrected chi connectivity index (χ0v) is 17.9. The van der Waals surface area contributed by atoms with E-state index in [0.29, 0.717) is 6.54 Å². The Morgan fingerprint density at radius 3 is 2.73 bits per heavy atom. The highest BCUT2D eigenvalue weighted by atomic mass is 16.3. The van der Waals surface area contributed by atoms with Gasteiger partial charge in [-0.1, -0.05) is 6.07 Å². The second-order valence-electron chi connectivity index (χ2n) is 8.46. The number of hydrogen-bond acceptors (Lipinski definition) is 7. The van der Waals surface area contributed by atoms with Gasteiger partial charge in [-0.2, -0.15) is 5.10 Å². The Kier molecular flexibility index (Phi) is 6.34. The summed E-state index contributed by atoms with van der Waals surface area (Å²) in [6.07, 6.45) is 6.16. The summed E-state index contributed by atoms with van der Waals surface area (Å²) in [6, 6.07) is 5.96. The van der Waals surface area contributed by atoms with Gasteiger partial charge in [0.05, 0.1) is 24.0 Å². The van der Waals surface area contributed by atoms with Gasteiger partial charge in [-0.25, -0.2) is 9.67 Å². The lowest BCUT2D eigenvalue weighted by Gasteiger charge is -2.33. The van der Waals surface area contributed by atoms with Crippen molar-refractivity contribution in [3.63, 3.8) is 0 Å². The Morgan fingerprint density at radius 2 is 2.07 bits per heavy atom. The van der Waals surface area contributed by atoms with Crippen molar-refractivity contribution in [3.05, 3.63) is 46.5 Å². The van der Waals surface area contributed by atoms with E-state index in [2.05, 4.69) is 38.9 Å². The van der Waals surface area contributed by atoms with E-state index in [-0.39, 0.29) is 17.7 Å². The lowest BCUT2D eigenvalue weighted by atomic mass is 10.1. The van der Waals surface area contributed by atoms with Gasteiger partial charge in [0.2, 0.25) is 0 Å². The Hall–Kier alpha value is -2.45. The third-order valence-electron chi connectivity index (χ3n) is 6.25. The van der Waals surface area contributed by atoms with Gasteiger partial charge in [0.25, 0.3) is 5.56 Å². The maximum absolute atomic E-state index is 12.8. The minimum Gasteiger partial charge on any atom is -0.391 e. The van der Waals surface area contributed by atoms with Crippen molar-refractivity contribution in [1.29, 1.82) is 0 Å². The van der Waals surface area contributed by atoms with E-state index in [1.807, 2.05) is 18.1 Å². The fraction of sp³-hybridized carbons (Fsp3) is 0.591. The van der Waals surface area contributed by atoms with Crippen LogP contribution in [0.4, 0.5) is 11.5 Å². The molecular weight excluding hydrogens is 380 g/mol. The second-order valence-corrected chi connectivity index (χ2v) is 8.46. The molecule has 2 fully saturated rings. The zero-order chi connectivity index (χ0) is 21.1. The highest BCUT2D eigenvalue weighted by Gasteiger charge is 2.25. The van der Waals surface area contributed by atoms with E-state index in [9.17, 15) is 9.90 Å². The number of rotatable bonds is 6. The SMILES string of the molecule is CCN(C)c1ccc(CN2CCC[C@H](n3ncc(N4CC[C@H](O)C4)cc3=O)C2)cn1. The van der Waals surface area contributed by atoms with Gasteiger partial charge in [0.15, 0.2) is 0 Å². The van der Waals surface area contributed by atoms with Gasteiger partial charge in [-0.3, -0.25) is 9.69 Å². The molecule has 4 heterocycles. The van der Waals surface area contributed by atoms with Crippen molar-refractivity contribution in [2.24, 2.45) is 0 Å². The van der Waals surface area contributed by atoms with Crippen LogP contribution < -0.4 is 15.4 Å². The number of aliphatic hydroxyl groups excluding tert-OH is 1. The highest BCUT2D eigenvalue weighted by Crippen LogP contribution is 2.23. The van der Waals surface area contributed by atoms with E-state index in [1.165, 1.54) is 5.56 Å². The quantitative estimate of drug-likeness (QED) is 0.770. The number of aromatic nitrogens is 3. The summed E-state index contributed by atoms with van der Waals surface area (Å²) in [5.41, 5.74) is 1.94. The number of pyridine rings is 1. The van der Waals surface area contributed by atoms with Crippen LogP contribution >= 0.6 is 0 Å². The molecule has 8 nitrogen and oxygen atoms in total. The van der Waals surface area contributed by atoms with Crippen LogP contribution in [0.15, 0.2) is 35.4 Å². The topological polar surface area (TPSA) is 77.7 Å². The Bertz CT molecular complexity index is 899. The summed E-state index contributed by atoms with van der Waals surface area (Å²) >= 11 is 0. The number of hydrogen-bond donors (Lipinski definition) is 1. The number of anilines is 2. The van der Waals surface area contributed by atoms with Crippen LogP contribution in [0.1, 0.15) is 37.8 Å². The molecule has 0 saturated carbocycles. The zero-order valence-electron chi connectivity index (χ0n) is 17.9. The minimum atomic E-state index is -0.315. The Labute approximate surface area is 177 Å². The number of nitrogens with zero attached hydrogens (tertiary/aromatic N) is 6. The summed E-state index contributed by atoms with van der Waals surface area (Å²) in [5.74, 6) is 0.985. The van der Waals surface area contributed by atoms with Crippen molar-refractivity contribution in [2.45, 2.75) is 44.9 Å². The van der Waals surface area contributed by atoms with Crippen LogP contribution in [0.3, 0.4) is 0 Å². The molecule has 2 aromatic rings. The summed E-state index contributed by atoms with van der Waals surface area (Å²) in [5, 5.41) is 14.2. The van der Waals surface area contributed by atoms with Crippen molar-refractivity contribution in [1.82, 2.24) is 19.7 Å². The van der Waals surface area contributed by atoms with Crippen LogP contribution in [0.2, 0.25) is 0 Å². The van der Waals surface area contributed by atoms with Crippen molar-refractivity contribution < 1.29 is 5.11 Å². The summed E-state index contributed by atoms with van der Waals surface area (Å²) in [6.45, 7) is 7.04. The van der Waals surface area contributed by atoms with E-state index in [4.69, 9.17) is 0 Å². The molecule has 2 aliphatic heterocycles. The summed E-state index contributed by atoms with van der Waals surface area (Å²) < 4.78 is 1.64. The van der Waals surface area contributed by atoms with Gasteiger partial charge in [0.1, 0.15) is 5.82 Å². The fourth-order valence-electron chi connectivity index (χ4n) is 4.36. The average Bonchev–Trinajstić information content (AvgIpc) is 3.20. The largest absolute Gasteiger partial charge is 0.391 e. The molecular formula is C22H32N6O2. The molecule has 8 heteroatoms. The lowest BCUT2D eigenvalue weighted by Crippen LogP contribution is -2.40. The minimum absolute atomic E-state index is 0.0608. The fourth-order valence-corrected chi connectivity index (χ4v) is 4.36. The molecule has 30 heavy (non-hydrogen) atoms. The molecule has 2 aliphatic rings.